The Hall–Kier alpha value is -3.25. The molecule has 0 radical (unpaired) electrons. The predicted octanol–water partition coefficient (Wildman–Crippen LogP) is 4.53. The molecule has 3 rings (SSSR count). The van der Waals surface area contributed by atoms with Crippen molar-refractivity contribution in [2.24, 2.45) is 0 Å². The third-order valence-electron chi connectivity index (χ3n) is 3.67. The zero-order chi connectivity index (χ0) is 19.1. The van der Waals surface area contributed by atoms with Crippen molar-refractivity contribution < 1.29 is 13.9 Å². The van der Waals surface area contributed by atoms with Gasteiger partial charge in [0.15, 0.2) is 5.11 Å². The molecule has 0 heterocycles. The van der Waals surface area contributed by atoms with Gasteiger partial charge in [-0.2, -0.15) is 0 Å². The van der Waals surface area contributed by atoms with Crippen molar-refractivity contribution >= 4 is 28.9 Å². The van der Waals surface area contributed by atoms with Crippen molar-refractivity contribution in [2.75, 3.05) is 5.32 Å². The maximum atomic E-state index is 12.9. The number of hydrogen-bond acceptors (Lipinski definition) is 3. The van der Waals surface area contributed by atoms with Gasteiger partial charge in [-0.1, -0.05) is 36.4 Å². The van der Waals surface area contributed by atoms with E-state index >= 15 is 0 Å². The van der Waals surface area contributed by atoms with E-state index in [0.29, 0.717) is 23.6 Å². The smallest absolute Gasteiger partial charge is 0.257 e. The van der Waals surface area contributed by atoms with Crippen molar-refractivity contribution in [3.05, 3.63) is 95.8 Å². The quantitative estimate of drug-likeness (QED) is 0.639. The van der Waals surface area contributed by atoms with Crippen LogP contribution in [0.5, 0.6) is 5.75 Å². The van der Waals surface area contributed by atoms with Crippen LogP contribution in [0.3, 0.4) is 0 Å². The Kier molecular flexibility index (Phi) is 6.12. The third kappa shape index (κ3) is 5.62. The zero-order valence-corrected chi connectivity index (χ0v) is 15.1. The fraction of sp³-hybridized carbons (Fsp3) is 0.0476. The lowest BCUT2D eigenvalue weighted by molar-refractivity contribution is 0.0977. The Morgan fingerprint density at radius 3 is 2.44 bits per heavy atom. The van der Waals surface area contributed by atoms with Gasteiger partial charge in [0.05, 0.1) is 0 Å². The number of rotatable bonds is 5. The van der Waals surface area contributed by atoms with Crippen molar-refractivity contribution in [3.8, 4) is 5.75 Å². The van der Waals surface area contributed by atoms with E-state index in [0.717, 1.165) is 5.56 Å². The summed E-state index contributed by atoms with van der Waals surface area (Å²) in [7, 11) is 0. The van der Waals surface area contributed by atoms with Gasteiger partial charge < -0.3 is 10.1 Å². The summed E-state index contributed by atoms with van der Waals surface area (Å²) in [6, 6.07) is 22.3. The van der Waals surface area contributed by atoms with Crippen LogP contribution in [0.25, 0.3) is 0 Å². The second kappa shape index (κ2) is 8.91. The highest BCUT2D eigenvalue weighted by atomic mass is 32.1. The molecule has 0 aliphatic rings. The van der Waals surface area contributed by atoms with E-state index in [1.807, 2.05) is 30.3 Å². The highest BCUT2D eigenvalue weighted by molar-refractivity contribution is 7.80. The lowest BCUT2D eigenvalue weighted by Crippen LogP contribution is -2.34. The van der Waals surface area contributed by atoms with Gasteiger partial charge in [0, 0.05) is 11.3 Å². The number of halogens is 1. The van der Waals surface area contributed by atoms with Crippen LogP contribution in [0.1, 0.15) is 15.9 Å². The molecule has 0 aliphatic heterocycles. The number of carbonyl (C=O) groups is 1. The van der Waals surface area contributed by atoms with Gasteiger partial charge in [0.2, 0.25) is 0 Å². The molecule has 4 nitrogen and oxygen atoms in total. The highest BCUT2D eigenvalue weighted by Crippen LogP contribution is 2.15. The van der Waals surface area contributed by atoms with Gasteiger partial charge in [0.1, 0.15) is 18.2 Å². The molecule has 1 amide bonds. The second-order valence-electron chi connectivity index (χ2n) is 5.72. The van der Waals surface area contributed by atoms with E-state index in [4.69, 9.17) is 17.0 Å². The molecule has 3 aromatic rings. The summed E-state index contributed by atoms with van der Waals surface area (Å²) in [4.78, 5) is 12.4. The summed E-state index contributed by atoms with van der Waals surface area (Å²) in [5.41, 5.74) is 2.04. The molecule has 27 heavy (non-hydrogen) atoms. The Labute approximate surface area is 162 Å². The number of amides is 1. The largest absolute Gasteiger partial charge is 0.489 e. The first-order valence-electron chi connectivity index (χ1n) is 8.25. The molecule has 0 saturated heterocycles. The van der Waals surface area contributed by atoms with E-state index in [9.17, 15) is 9.18 Å². The highest BCUT2D eigenvalue weighted by Gasteiger charge is 2.09. The lowest BCUT2D eigenvalue weighted by atomic mass is 10.2. The normalized spacial score (nSPS) is 10.1. The second-order valence-corrected chi connectivity index (χ2v) is 6.13. The molecule has 3 aromatic carbocycles. The SMILES string of the molecule is O=C(NC(=S)Nc1ccc(F)cc1)c1cccc(OCc2ccccc2)c1. The molecule has 6 heteroatoms. The molecule has 0 saturated carbocycles. The molecule has 136 valence electrons. The van der Waals surface area contributed by atoms with Crippen LogP contribution in [0.2, 0.25) is 0 Å². The van der Waals surface area contributed by atoms with Crippen molar-refractivity contribution in [1.29, 1.82) is 0 Å². The minimum Gasteiger partial charge on any atom is -0.489 e. The van der Waals surface area contributed by atoms with Gasteiger partial charge in [-0.15, -0.1) is 0 Å². The van der Waals surface area contributed by atoms with Crippen molar-refractivity contribution in [3.63, 3.8) is 0 Å². The summed E-state index contributed by atoms with van der Waals surface area (Å²) in [5.74, 6) is -0.119. The number of benzene rings is 3. The van der Waals surface area contributed by atoms with E-state index in [1.54, 1.807) is 24.3 Å². The van der Waals surface area contributed by atoms with E-state index in [1.165, 1.54) is 24.3 Å². The first-order chi connectivity index (χ1) is 13.1. The minimum absolute atomic E-state index is 0.127. The minimum atomic E-state index is -0.361. The monoisotopic (exact) mass is 380 g/mol. The number of carbonyl (C=O) groups excluding carboxylic acids is 1. The van der Waals surface area contributed by atoms with E-state index in [-0.39, 0.29) is 16.8 Å². The van der Waals surface area contributed by atoms with Gasteiger partial charge in [-0.3, -0.25) is 10.1 Å². The first kappa shape index (κ1) is 18.5. The summed E-state index contributed by atoms with van der Waals surface area (Å²) in [6.07, 6.45) is 0. The van der Waals surface area contributed by atoms with Crippen LogP contribution in [-0.4, -0.2) is 11.0 Å². The van der Waals surface area contributed by atoms with Gasteiger partial charge >= 0.3 is 0 Å². The molecule has 0 aliphatic carbocycles. The lowest BCUT2D eigenvalue weighted by Gasteiger charge is -2.11. The van der Waals surface area contributed by atoms with E-state index in [2.05, 4.69) is 10.6 Å². The van der Waals surface area contributed by atoms with Crippen molar-refractivity contribution in [2.45, 2.75) is 6.61 Å². The summed E-state index contributed by atoms with van der Waals surface area (Å²) >= 11 is 5.13. The molecule has 0 atom stereocenters. The summed E-state index contributed by atoms with van der Waals surface area (Å²) < 4.78 is 18.7. The van der Waals surface area contributed by atoms with Crippen LogP contribution in [0.15, 0.2) is 78.9 Å². The number of nitrogens with one attached hydrogen (secondary N) is 2. The fourth-order valence-corrected chi connectivity index (χ4v) is 2.55. The molecule has 0 bridgehead atoms. The summed E-state index contributed by atoms with van der Waals surface area (Å²) in [5, 5.41) is 5.55. The zero-order valence-electron chi connectivity index (χ0n) is 14.3. The van der Waals surface area contributed by atoms with Crippen LogP contribution in [-0.2, 0) is 6.61 Å². The maximum absolute atomic E-state index is 12.9. The topological polar surface area (TPSA) is 50.4 Å². The first-order valence-corrected chi connectivity index (χ1v) is 8.66. The molecule has 0 fully saturated rings. The number of hydrogen-bond donors (Lipinski definition) is 2. The number of thiocarbonyl (C=S) groups is 1. The molecular formula is C21H17FN2O2S. The van der Waals surface area contributed by atoms with Crippen LogP contribution in [0.4, 0.5) is 10.1 Å². The molecule has 2 N–H and O–H groups in total. The Morgan fingerprint density at radius 2 is 1.70 bits per heavy atom. The van der Waals surface area contributed by atoms with Crippen molar-refractivity contribution in [1.82, 2.24) is 5.32 Å². The van der Waals surface area contributed by atoms with Gasteiger partial charge in [-0.05, 0) is 60.2 Å². The van der Waals surface area contributed by atoms with Crippen LogP contribution in [0, 0.1) is 5.82 Å². The predicted molar refractivity (Wildman–Crippen MR) is 107 cm³/mol. The average Bonchev–Trinajstić information content (AvgIpc) is 2.69. The third-order valence-corrected chi connectivity index (χ3v) is 3.88. The Balaban J connectivity index is 1.57. The van der Waals surface area contributed by atoms with Gasteiger partial charge in [0.25, 0.3) is 5.91 Å². The molecule has 0 spiro atoms. The molecule has 0 unspecified atom stereocenters. The standard InChI is InChI=1S/C21H17FN2O2S/c22-17-9-11-18(12-10-17)23-21(27)24-20(25)16-7-4-8-19(13-16)26-14-15-5-2-1-3-6-15/h1-13H,14H2,(H2,23,24,25,27). The maximum Gasteiger partial charge on any atom is 0.257 e. The van der Waals surface area contributed by atoms with Gasteiger partial charge in [-0.25, -0.2) is 4.39 Å². The number of ether oxygens (including phenoxy) is 1. The number of anilines is 1. The van der Waals surface area contributed by atoms with Crippen LogP contribution >= 0.6 is 12.2 Å². The van der Waals surface area contributed by atoms with E-state index < -0.39 is 0 Å². The molecule has 0 aromatic heterocycles. The summed E-state index contributed by atoms with van der Waals surface area (Å²) in [6.45, 7) is 0.413. The fourth-order valence-electron chi connectivity index (χ4n) is 2.34. The Morgan fingerprint density at radius 1 is 0.963 bits per heavy atom. The molecular weight excluding hydrogens is 363 g/mol. The average molecular weight is 380 g/mol. The Bertz CT molecular complexity index is 930. The van der Waals surface area contributed by atoms with Crippen LogP contribution < -0.4 is 15.4 Å².